The van der Waals surface area contributed by atoms with Gasteiger partial charge in [0, 0.05) is 22.3 Å². The van der Waals surface area contributed by atoms with Crippen LogP contribution >= 0.6 is 23.4 Å². The Hall–Kier alpha value is -1.59. The van der Waals surface area contributed by atoms with Crippen LogP contribution in [0.4, 0.5) is 0 Å². The fourth-order valence-corrected chi connectivity index (χ4v) is 2.31. The number of carbonyl (C=O) groups is 1. The molecule has 0 saturated carbocycles. The van der Waals surface area contributed by atoms with E-state index >= 15 is 0 Å². The number of carboxylic acids is 1. The van der Waals surface area contributed by atoms with Gasteiger partial charge < -0.3 is 5.11 Å². The average Bonchev–Trinajstić information content (AvgIpc) is 2.30. The molecule has 0 bridgehead atoms. The lowest BCUT2D eigenvalue weighted by atomic mass is 10.2. The zero-order valence-corrected chi connectivity index (χ0v) is 10.1. The predicted molar refractivity (Wildman–Crippen MR) is 64.6 cm³/mol. The van der Waals surface area contributed by atoms with Crippen molar-refractivity contribution in [3.8, 4) is 0 Å². The first-order chi connectivity index (χ1) is 8.16. The van der Waals surface area contributed by atoms with E-state index in [0.29, 0.717) is 15.1 Å². The second-order valence-electron chi connectivity index (χ2n) is 3.08. The van der Waals surface area contributed by atoms with Crippen LogP contribution in [0.25, 0.3) is 0 Å². The highest BCUT2D eigenvalue weighted by atomic mass is 35.5. The molecule has 0 saturated heterocycles. The summed E-state index contributed by atoms with van der Waals surface area (Å²) in [5, 5.41) is 10.0. The molecule has 0 fully saturated rings. The van der Waals surface area contributed by atoms with Crippen molar-refractivity contribution in [3.63, 3.8) is 0 Å². The van der Waals surface area contributed by atoms with Gasteiger partial charge in [0.25, 0.3) is 0 Å². The van der Waals surface area contributed by atoms with Crippen molar-refractivity contribution in [2.75, 3.05) is 0 Å². The zero-order chi connectivity index (χ0) is 12.3. The predicted octanol–water partition coefficient (Wildman–Crippen LogP) is 2.98. The molecule has 0 aliphatic carbocycles. The Bertz CT molecular complexity index is 548. The number of hydrogen-bond acceptors (Lipinski definition) is 4. The molecule has 1 N–H and O–H groups in total. The first kappa shape index (κ1) is 11.9. The third-order valence-corrected chi connectivity index (χ3v) is 3.10. The highest BCUT2D eigenvalue weighted by molar-refractivity contribution is 7.99. The summed E-state index contributed by atoms with van der Waals surface area (Å²) < 4.78 is 0. The minimum absolute atomic E-state index is 0.187. The lowest BCUT2D eigenvalue weighted by molar-refractivity contribution is 0.0693. The quantitative estimate of drug-likeness (QED) is 0.866. The molecule has 0 spiro atoms. The Kier molecular flexibility index (Phi) is 3.61. The number of aromatic carboxylic acids is 1. The molecule has 0 unspecified atom stereocenters. The van der Waals surface area contributed by atoms with Crippen LogP contribution in [0.3, 0.4) is 0 Å². The summed E-state index contributed by atoms with van der Waals surface area (Å²) in [6, 6.07) is 6.29. The van der Waals surface area contributed by atoms with Crippen molar-refractivity contribution in [1.29, 1.82) is 0 Å². The maximum absolute atomic E-state index is 11.0. The van der Waals surface area contributed by atoms with Crippen LogP contribution in [-0.4, -0.2) is 21.0 Å². The third kappa shape index (κ3) is 2.95. The van der Waals surface area contributed by atoms with Crippen molar-refractivity contribution in [3.05, 3.63) is 47.2 Å². The number of aromatic nitrogens is 2. The molecule has 6 heteroatoms. The molecule has 4 nitrogen and oxygen atoms in total. The van der Waals surface area contributed by atoms with Crippen molar-refractivity contribution in [2.45, 2.75) is 10.1 Å². The third-order valence-electron chi connectivity index (χ3n) is 1.92. The number of nitrogens with zero attached hydrogens (tertiary/aromatic N) is 2. The fraction of sp³-hybridized carbons (Fsp3) is 0. The summed E-state index contributed by atoms with van der Waals surface area (Å²) in [5.74, 6) is -1.000. The second kappa shape index (κ2) is 5.16. The molecule has 0 aliphatic rings. The molecule has 1 aromatic carbocycles. The number of halogens is 1. The van der Waals surface area contributed by atoms with Crippen LogP contribution in [0.2, 0.25) is 5.02 Å². The smallest absolute Gasteiger partial charge is 0.336 e. The molecular formula is C11H7ClN2O2S. The van der Waals surface area contributed by atoms with Crippen molar-refractivity contribution in [2.24, 2.45) is 0 Å². The zero-order valence-electron chi connectivity index (χ0n) is 8.50. The molecule has 0 aliphatic heterocycles. The first-order valence-electron chi connectivity index (χ1n) is 4.64. The van der Waals surface area contributed by atoms with Crippen LogP contribution in [0.5, 0.6) is 0 Å². The van der Waals surface area contributed by atoms with Gasteiger partial charge in [-0.25, -0.2) is 14.8 Å². The Morgan fingerprint density at radius 2 is 2.00 bits per heavy atom. The summed E-state index contributed by atoms with van der Waals surface area (Å²) in [4.78, 5) is 19.6. The Balaban J connectivity index is 2.37. The summed E-state index contributed by atoms with van der Waals surface area (Å²) in [5.41, 5.74) is 0.187. The molecule has 86 valence electrons. The number of carboxylic acid groups (broad SMARTS) is 1. The highest BCUT2D eigenvalue weighted by Gasteiger charge is 2.12. The molecule has 2 rings (SSSR count). The van der Waals surface area contributed by atoms with Gasteiger partial charge in [0.2, 0.25) is 0 Å². The monoisotopic (exact) mass is 266 g/mol. The van der Waals surface area contributed by atoms with E-state index in [-0.39, 0.29) is 5.56 Å². The molecule has 0 amide bonds. The van der Waals surface area contributed by atoms with Gasteiger partial charge in [-0.3, -0.25) is 0 Å². The van der Waals surface area contributed by atoms with E-state index in [1.54, 1.807) is 30.6 Å². The second-order valence-corrected chi connectivity index (χ2v) is 4.52. The van der Waals surface area contributed by atoms with E-state index in [9.17, 15) is 4.79 Å². The van der Waals surface area contributed by atoms with E-state index in [1.165, 1.54) is 17.8 Å². The van der Waals surface area contributed by atoms with Crippen molar-refractivity contribution in [1.82, 2.24) is 9.97 Å². The van der Waals surface area contributed by atoms with Gasteiger partial charge >= 0.3 is 5.97 Å². The number of benzene rings is 1. The van der Waals surface area contributed by atoms with E-state index in [4.69, 9.17) is 16.7 Å². The number of rotatable bonds is 3. The fourth-order valence-electron chi connectivity index (χ4n) is 1.19. The van der Waals surface area contributed by atoms with Crippen LogP contribution in [0.1, 0.15) is 10.4 Å². The summed E-state index contributed by atoms with van der Waals surface area (Å²) in [7, 11) is 0. The van der Waals surface area contributed by atoms with Gasteiger partial charge in [0.15, 0.2) is 5.16 Å². The Morgan fingerprint density at radius 3 is 2.65 bits per heavy atom. The van der Waals surface area contributed by atoms with Crippen molar-refractivity contribution < 1.29 is 9.90 Å². The maximum Gasteiger partial charge on any atom is 0.336 e. The average molecular weight is 267 g/mol. The molecule has 2 aromatic rings. The van der Waals surface area contributed by atoms with Gasteiger partial charge in [0.1, 0.15) is 0 Å². The first-order valence-corrected chi connectivity index (χ1v) is 5.84. The lowest BCUT2D eigenvalue weighted by Crippen LogP contribution is -1.98. The molecule has 0 radical (unpaired) electrons. The molecule has 1 heterocycles. The van der Waals surface area contributed by atoms with Gasteiger partial charge in [-0.2, -0.15) is 0 Å². The van der Waals surface area contributed by atoms with Crippen LogP contribution < -0.4 is 0 Å². The molecule has 17 heavy (non-hydrogen) atoms. The van der Waals surface area contributed by atoms with Crippen LogP contribution in [-0.2, 0) is 0 Å². The minimum Gasteiger partial charge on any atom is -0.478 e. The van der Waals surface area contributed by atoms with Crippen LogP contribution in [0.15, 0.2) is 46.7 Å². The summed E-state index contributed by atoms with van der Waals surface area (Å²) in [6.45, 7) is 0. The standard InChI is InChI=1S/C11H7ClN2O2S/c12-7-2-3-8(10(15)16)9(6-7)17-11-13-4-1-5-14-11/h1-6H,(H,15,16). The largest absolute Gasteiger partial charge is 0.478 e. The SMILES string of the molecule is O=C(O)c1ccc(Cl)cc1Sc1ncccn1. The topological polar surface area (TPSA) is 63.1 Å². The molecular weight excluding hydrogens is 260 g/mol. The van der Waals surface area contributed by atoms with E-state index in [2.05, 4.69) is 9.97 Å². The van der Waals surface area contributed by atoms with Gasteiger partial charge in [-0.1, -0.05) is 11.6 Å². The summed E-state index contributed by atoms with van der Waals surface area (Å²) in [6.07, 6.45) is 3.20. The van der Waals surface area contributed by atoms with E-state index < -0.39 is 5.97 Å². The summed E-state index contributed by atoms with van der Waals surface area (Å²) >= 11 is 7.01. The minimum atomic E-state index is -1.000. The molecule has 0 atom stereocenters. The number of hydrogen-bond donors (Lipinski definition) is 1. The van der Waals surface area contributed by atoms with Gasteiger partial charge in [-0.05, 0) is 36.0 Å². The maximum atomic E-state index is 11.0. The lowest BCUT2D eigenvalue weighted by Gasteiger charge is -2.04. The van der Waals surface area contributed by atoms with Gasteiger partial charge in [-0.15, -0.1) is 0 Å². The van der Waals surface area contributed by atoms with Crippen molar-refractivity contribution >= 4 is 29.3 Å². The Morgan fingerprint density at radius 1 is 1.29 bits per heavy atom. The van der Waals surface area contributed by atoms with Crippen LogP contribution in [0, 0.1) is 0 Å². The van der Waals surface area contributed by atoms with E-state index in [0.717, 1.165) is 0 Å². The van der Waals surface area contributed by atoms with Gasteiger partial charge in [0.05, 0.1) is 5.56 Å². The Labute approximate surface area is 107 Å². The molecule has 1 aromatic heterocycles. The highest BCUT2D eigenvalue weighted by Crippen LogP contribution is 2.30. The normalized spacial score (nSPS) is 10.2. The van der Waals surface area contributed by atoms with E-state index in [1.807, 2.05) is 0 Å².